The maximum atomic E-state index is 2.75. The first-order valence-electron chi connectivity index (χ1n) is 29.0. The van der Waals surface area contributed by atoms with E-state index in [-0.39, 0.29) is 44.6 Å². The SMILES string of the molecule is CC(C)(C)c1cc(N2c3ccc(C(C)(C)C)cc3B3c4c2cc(N(c2ccccc2)c2ccccc2)cc4N(c2ccc4c(c2)C(C)(C)CCC4(C)C)c2sc4cc5c(cc4c23)C2(C)CCC5(C)CC2)cc(C(C)(C)C)c1. The molecule has 4 aliphatic carbocycles. The largest absolute Gasteiger partial charge is 0.311 e. The van der Waals surface area contributed by atoms with Gasteiger partial charge in [-0.2, -0.15) is 0 Å². The van der Waals surface area contributed by atoms with Crippen molar-refractivity contribution in [2.75, 3.05) is 14.7 Å². The Balaban J connectivity index is 1.21. The normalized spacial score (nSPS) is 20.8. The second-order valence-electron chi connectivity index (χ2n) is 29.1. The third-order valence-electron chi connectivity index (χ3n) is 19.7. The van der Waals surface area contributed by atoms with E-state index in [1.807, 2.05) is 11.3 Å². The fourth-order valence-corrected chi connectivity index (χ4v) is 15.8. The lowest BCUT2D eigenvalue weighted by atomic mass is 9.33. The van der Waals surface area contributed by atoms with Gasteiger partial charge in [-0.3, -0.25) is 0 Å². The number of benzene rings is 7. The molecule has 3 heterocycles. The van der Waals surface area contributed by atoms with Crippen LogP contribution in [0.4, 0.5) is 50.5 Å². The molecule has 77 heavy (non-hydrogen) atoms. The van der Waals surface area contributed by atoms with E-state index in [4.69, 9.17) is 0 Å². The molecule has 2 aliphatic heterocycles. The van der Waals surface area contributed by atoms with Crippen molar-refractivity contribution >= 4 is 95.0 Å². The van der Waals surface area contributed by atoms with Gasteiger partial charge in [0.05, 0.1) is 10.7 Å². The maximum absolute atomic E-state index is 2.75. The highest BCUT2D eigenvalue weighted by molar-refractivity contribution is 7.26. The number of fused-ring (bicyclic) bond motifs is 9. The smallest absolute Gasteiger partial charge is 0.254 e. The minimum atomic E-state index is -0.0751. The third kappa shape index (κ3) is 7.85. The second kappa shape index (κ2) is 16.7. The highest BCUT2D eigenvalue weighted by Crippen LogP contribution is 2.59. The monoisotopic (exact) mass is 1030 g/mol. The van der Waals surface area contributed by atoms with Crippen LogP contribution in [0, 0.1) is 0 Å². The Labute approximate surface area is 465 Å². The maximum Gasteiger partial charge on any atom is 0.254 e. The molecule has 2 bridgehead atoms. The predicted molar refractivity (Wildman–Crippen MR) is 335 cm³/mol. The number of anilines is 9. The van der Waals surface area contributed by atoms with E-state index in [2.05, 4.69) is 258 Å². The average Bonchev–Trinajstić information content (AvgIpc) is 3.76. The van der Waals surface area contributed by atoms with Crippen LogP contribution >= 0.6 is 11.3 Å². The van der Waals surface area contributed by atoms with Gasteiger partial charge in [0.15, 0.2) is 0 Å². The van der Waals surface area contributed by atoms with E-state index in [1.165, 1.54) is 120 Å². The fourth-order valence-electron chi connectivity index (χ4n) is 14.5. The summed E-state index contributed by atoms with van der Waals surface area (Å²) in [4.78, 5) is 7.94. The molecule has 0 amide bonds. The van der Waals surface area contributed by atoms with Crippen LogP contribution in [-0.4, -0.2) is 6.71 Å². The first-order valence-corrected chi connectivity index (χ1v) is 29.8. The average molecular weight is 1030 g/mol. The molecule has 8 aromatic rings. The standard InChI is InChI=1S/C72H80BN3S/c1-66(2,3)45-26-29-59-58(39-45)73-63-53-43-56-57(72(15)34-32-71(56,14)33-35-72)44-62(53)77-65(63)76(50-27-28-54-55(40-50)70(12,13)31-30-69(54,10)11)61-42-52(74(48-22-18-16-19-23-48)49-24-20-17-21-25-49)41-60(64(61)73)75(59)51-37-46(67(4,5)6)36-47(38-51)68(7,8)9/h16-29,36-44H,30-35H2,1-15H3. The summed E-state index contributed by atoms with van der Waals surface area (Å²) in [6, 6.07) is 55.4. The summed E-state index contributed by atoms with van der Waals surface area (Å²) >= 11 is 2.05. The number of nitrogens with zero attached hydrogens (tertiary/aromatic N) is 3. The van der Waals surface area contributed by atoms with Crippen molar-refractivity contribution < 1.29 is 0 Å². The van der Waals surface area contributed by atoms with Crippen LogP contribution in [0.15, 0.2) is 140 Å². The Morgan fingerprint density at radius 1 is 0.429 bits per heavy atom. The molecule has 5 heteroatoms. The van der Waals surface area contributed by atoms with E-state index < -0.39 is 0 Å². The van der Waals surface area contributed by atoms with Crippen molar-refractivity contribution in [2.24, 2.45) is 0 Å². The summed E-state index contributed by atoms with van der Waals surface area (Å²) in [5.74, 6) is 0. The lowest BCUT2D eigenvalue weighted by Gasteiger charge is -2.52. The van der Waals surface area contributed by atoms with Gasteiger partial charge in [-0.25, -0.2) is 0 Å². The zero-order valence-electron chi connectivity index (χ0n) is 48.8. The van der Waals surface area contributed by atoms with E-state index >= 15 is 0 Å². The summed E-state index contributed by atoms with van der Waals surface area (Å²) in [6.07, 6.45) is 7.41. The molecule has 0 atom stereocenters. The quantitative estimate of drug-likeness (QED) is 0.159. The lowest BCUT2D eigenvalue weighted by molar-refractivity contribution is 0.188. The van der Waals surface area contributed by atoms with Gasteiger partial charge >= 0.3 is 0 Å². The highest BCUT2D eigenvalue weighted by atomic mass is 32.1. The topological polar surface area (TPSA) is 9.72 Å². The molecular weight excluding hydrogens is 950 g/mol. The van der Waals surface area contributed by atoms with Gasteiger partial charge in [0.1, 0.15) is 0 Å². The number of hydrogen-bond donors (Lipinski definition) is 0. The summed E-state index contributed by atoms with van der Waals surface area (Å²) in [7, 11) is 0. The van der Waals surface area contributed by atoms with Gasteiger partial charge in [0.2, 0.25) is 0 Å². The van der Waals surface area contributed by atoms with Crippen LogP contribution in [0.3, 0.4) is 0 Å². The van der Waals surface area contributed by atoms with Crippen LogP contribution in [0.25, 0.3) is 10.1 Å². The van der Waals surface area contributed by atoms with Crippen molar-refractivity contribution in [2.45, 2.75) is 180 Å². The van der Waals surface area contributed by atoms with Gasteiger partial charge in [-0.15, -0.1) is 11.3 Å². The van der Waals surface area contributed by atoms with E-state index in [0.29, 0.717) is 0 Å². The lowest BCUT2D eigenvalue weighted by Crippen LogP contribution is -2.61. The summed E-state index contributed by atoms with van der Waals surface area (Å²) in [5, 5.41) is 2.80. The van der Waals surface area contributed by atoms with Crippen LogP contribution in [0.1, 0.15) is 181 Å². The number of rotatable bonds is 5. The molecule has 392 valence electrons. The van der Waals surface area contributed by atoms with Crippen molar-refractivity contribution in [3.63, 3.8) is 0 Å². The van der Waals surface area contributed by atoms with E-state index in [9.17, 15) is 0 Å². The van der Waals surface area contributed by atoms with Crippen LogP contribution in [0.5, 0.6) is 0 Å². The second-order valence-corrected chi connectivity index (χ2v) is 30.2. The Bertz CT molecular complexity index is 3630. The van der Waals surface area contributed by atoms with Gasteiger partial charge < -0.3 is 14.7 Å². The number of thiophene rings is 1. The Kier molecular flexibility index (Phi) is 11.0. The molecule has 1 aromatic heterocycles. The number of hydrogen-bond acceptors (Lipinski definition) is 4. The molecule has 0 N–H and O–H groups in total. The van der Waals surface area contributed by atoms with Crippen molar-refractivity contribution in [3.05, 3.63) is 178 Å². The zero-order valence-corrected chi connectivity index (χ0v) is 49.7. The van der Waals surface area contributed by atoms with Gasteiger partial charge in [-0.1, -0.05) is 165 Å². The third-order valence-corrected chi connectivity index (χ3v) is 20.9. The molecule has 0 saturated heterocycles. The van der Waals surface area contributed by atoms with E-state index in [1.54, 1.807) is 11.1 Å². The predicted octanol–water partition coefficient (Wildman–Crippen LogP) is 18.8. The molecule has 7 aromatic carbocycles. The van der Waals surface area contributed by atoms with Gasteiger partial charge in [-0.05, 0) is 216 Å². The zero-order chi connectivity index (χ0) is 54.1. The van der Waals surface area contributed by atoms with Crippen LogP contribution < -0.4 is 31.1 Å². The summed E-state index contributed by atoms with van der Waals surface area (Å²) in [6.45, 7) is 36.5. The first-order chi connectivity index (χ1) is 36.2. The summed E-state index contributed by atoms with van der Waals surface area (Å²) < 4.78 is 1.42. The molecule has 14 rings (SSSR count). The molecule has 3 nitrogen and oxygen atoms in total. The molecular formula is C72H80BN3S. The van der Waals surface area contributed by atoms with E-state index in [0.717, 1.165) is 23.5 Å². The van der Waals surface area contributed by atoms with Gasteiger partial charge in [0.25, 0.3) is 6.71 Å². The van der Waals surface area contributed by atoms with Gasteiger partial charge in [0, 0.05) is 44.5 Å². The minimum Gasteiger partial charge on any atom is -0.311 e. The highest BCUT2D eigenvalue weighted by Gasteiger charge is 2.51. The van der Waals surface area contributed by atoms with Crippen LogP contribution in [-0.2, 0) is 37.9 Å². The molecule has 0 radical (unpaired) electrons. The Hall–Kier alpha value is -6.04. The molecule has 1 saturated carbocycles. The Morgan fingerprint density at radius 3 is 1.52 bits per heavy atom. The minimum absolute atomic E-state index is 0.0207. The van der Waals surface area contributed by atoms with Crippen molar-refractivity contribution in [3.8, 4) is 0 Å². The summed E-state index contributed by atoms with van der Waals surface area (Å²) in [5.41, 5.74) is 24.5. The van der Waals surface area contributed by atoms with Crippen molar-refractivity contribution in [1.29, 1.82) is 0 Å². The Morgan fingerprint density at radius 2 is 0.961 bits per heavy atom. The fraction of sp³-hybridized carbons (Fsp3) is 0.389. The molecule has 6 aliphatic rings. The molecule has 0 unspecified atom stereocenters. The van der Waals surface area contributed by atoms with Crippen LogP contribution in [0.2, 0.25) is 0 Å². The van der Waals surface area contributed by atoms with Crippen molar-refractivity contribution in [1.82, 2.24) is 0 Å². The number of para-hydroxylation sites is 2. The first kappa shape index (κ1) is 50.5. The molecule has 0 spiro atoms. The molecule has 1 fully saturated rings.